The van der Waals surface area contributed by atoms with Crippen molar-refractivity contribution in [1.29, 1.82) is 0 Å². The molecular formula is C14H15BrFN3O. The van der Waals surface area contributed by atoms with Crippen molar-refractivity contribution in [3.05, 3.63) is 46.3 Å². The number of hydrogen-bond acceptors (Lipinski definition) is 2. The lowest BCUT2D eigenvalue weighted by Crippen LogP contribution is -2.17. The average molecular weight is 340 g/mol. The molecule has 6 heteroatoms. The molecule has 1 atom stereocenters. The fraction of sp³-hybridized carbons (Fsp3) is 0.286. The molecule has 2 aromatic rings. The molecule has 0 fully saturated rings. The van der Waals surface area contributed by atoms with Crippen molar-refractivity contribution >= 4 is 27.7 Å². The Morgan fingerprint density at radius 3 is 2.90 bits per heavy atom. The Hall–Kier alpha value is -1.69. The van der Waals surface area contributed by atoms with Crippen molar-refractivity contribution in [3.63, 3.8) is 0 Å². The molecule has 0 spiro atoms. The summed E-state index contributed by atoms with van der Waals surface area (Å²) in [6.07, 6.45) is 2.55. The van der Waals surface area contributed by atoms with Gasteiger partial charge in [0.25, 0.3) is 5.91 Å². The van der Waals surface area contributed by atoms with Crippen molar-refractivity contribution in [3.8, 4) is 0 Å². The van der Waals surface area contributed by atoms with Gasteiger partial charge in [-0.15, -0.1) is 0 Å². The highest BCUT2D eigenvalue weighted by Crippen LogP contribution is 2.21. The summed E-state index contributed by atoms with van der Waals surface area (Å²) in [4.78, 5) is 12.2. The lowest BCUT2D eigenvalue weighted by atomic mass is 10.2. The van der Waals surface area contributed by atoms with E-state index in [1.807, 2.05) is 6.92 Å². The van der Waals surface area contributed by atoms with E-state index in [-0.39, 0.29) is 11.9 Å². The summed E-state index contributed by atoms with van der Waals surface area (Å²) in [7, 11) is 0. The number of aromatic nitrogens is 2. The minimum atomic E-state index is -0.391. The van der Waals surface area contributed by atoms with Gasteiger partial charge in [0.1, 0.15) is 11.6 Å². The summed E-state index contributed by atoms with van der Waals surface area (Å²) >= 11 is 3.19. The van der Waals surface area contributed by atoms with Crippen LogP contribution in [0.1, 0.15) is 36.7 Å². The van der Waals surface area contributed by atoms with Crippen LogP contribution in [-0.4, -0.2) is 15.7 Å². The highest BCUT2D eigenvalue weighted by Gasteiger charge is 2.14. The first-order chi connectivity index (χ1) is 9.52. The molecule has 0 aliphatic rings. The second kappa shape index (κ2) is 6.17. The maximum atomic E-state index is 13.0. The SMILES string of the molecule is CCC(C)n1nccc1NC(=O)c1ccc(F)cc1Br. The van der Waals surface area contributed by atoms with Gasteiger partial charge in [0.2, 0.25) is 0 Å². The fourth-order valence-corrected chi connectivity index (χ4v) is 2.33. The van der Waals surface area contributed by atoms with Crippen LogP contribution in [-0.2, 0) is 0 Å². The molecule has 0 saturated carbocycles. The Labute approximate surface area is 125 Å². The van der Waals surface area contributed by atoms with Gasteiger partial charge in [0.05, 0.1) is 17.8 Å². The van der Waals surface area contributed by atoms with Gasteiger partial charge in [-0.3, -0.25) is 4.79 Å². The molecule has 106 valence electrons. The van der Waals surface area contributed by atoms with Crippen LogP contribution >= 0.6 is 15.9 Å². The number of anilines is 1. The second-order valence-electron chi connectivity index (χ2n) is 4.50. The molecular weight excluding hydrogens is 325 g/mol. The first kappa shape index (κ1) is 14.7. The topological polar surface area (TPSA) is 46.9 Å². The van der Waals surface area contributed by atoms with Crippen molar-refractivity contribution in [1.82, 2.24) is 9.78 Å². The Morgan fingerprint density at radius 1 is 1.50 bits per heavy atom. The standard InChI is InChI=1S/C14H15BrFN3O/c1-3-9(2)19-13(6-7-17-19)18-14(20)11-5-4-10(16)8-12(11)15/h4-9H,3H2,1-2H3,(H,18,20). The maximum absolute atomic E-state index is 13.0. The van der Waals surface area contributed by atoms with Crippen LogP contribution in [0.3, 0.4) is 0 Å². The molecule has 0 saturated heterocycles. The molecule has 4 nitrogen and oxygen atoms in total. The van der Waals surface area contributed by atoms with E-state index in [2.05, 4.69) is 33.3 Å². The van der Waals surface area contributed by atoms with Crippen LogP contribution in [0.15, 0.2) is 34.9 Å². The molecule has 1 amide bonds. The molecule has 2 rings (SSSR count). The van der Waals surface area contributed by atoms with E-state index < -0.39 is 5.82 Å². The Balaban J connectivity index is 2.22. The normalized spacial score (nSPS) is 12.2. The van der Waals surface area contributed by atoms with Crippen molar-refractivity contribution in [2.45, 2.75) is 26.3 Å². The number of hydrogen-bond donors (Lipinski definition) is 1. The number of halogens is 2. The van der Waals surface area contributed by atoms with E-state index in [9.17, 15) is 9.18 Å². The summed E-state index contributed by atoms with van der Waals surface area (Å²) in [5, 5.41) is 6.99. The third-order valence-corrected chi connectivity index (χ3v) is 3.75. The molecule has 1 N–H and O–H groups in total. The highest BCUT2D eigenvalue weighted by molar-refractivity contribution is 9.10. The molecule has 20 heavy (non-hydrogen) atoms. The van der Waals surface area contributed by atoms with Crippen LogP contribution in [0.25, 0.3) is 0 Å². The summed E-state index contributed by atoms with van der Waals surface area (Å²) in [6.45, 7) is 4.07. The molecule has 1 aromatic heterocycles. The number of nitrogens with one attached hydrogen (secondary N) is 1. The van der Waals surface area contributed by atoms with E-state index in [4.69, 9.17) is 0 Å². The third kappa shape index (κ3) is 3.07. The minimum absolute atomic E-state index is 0.192. The maximum Gasteiger partial charge on any atom is 0.257 e. The summed E-state index contributed by atoms with van der Waals surface area (Å²) < 4.78 is 15.2. The second-order valence-corrected chi connectivity index (χ2v) is 5.35. The zero-order valence-corrected chi connectivity index (χ0v) is 12.8. The van der Waals surface area contributed by atoms with Gasteiger partial charge in [-0.1, -0.05) is 6.92 Å². The quantitative estimate of drug-likeness (QED) is 0.914. The lowest BCUT2D eigenvalue weighted by Gasteiger charge is -2.14. The van der Waals surface area contributed by atoms with Crippen LogP contribution in [0.2, 0.25) is 0 Å². The largest absolute Gasteiger partial charge is 0.307 e. The molecule has 1 aromatic carbocycles. The number of carbonyl (C=O) groups is 1. The van der Waals surface area contributed by atoms with Crippen molar-refractivity contribution in [2.75, 3.05) is 5.32 Å². The zero-order chi connectivity index (χ0) is 14.7. The van der Waals surface area contributed by atoms with E-state index in [0.717, 1.165) is 6.42 Å². The number of carbonyl (C=O) groups excluding carboxylic acids is 1. The summed E-state index contributed by atoms with van der Waals surface area (Å²) in [5.74, 6) is -0.0689. The number of benzene rings is 1. The van der Waals surface area contributed by atoms with Gasteiger partial charge >= 0.3 is 0 Å². The zero-order valence-electron chi connectivity index (χ0n) is 11.2. The average Bonchev–Trinajstić information content (AvgIpc) is 2.85. The van der Waals surface area contributed by atoms with E-state index in [0.29, 0.717) is 15.9 Å². The van der Waals surface area contributed by atoms with Gasteiger partial charge in [-0.05, 0) is 47.5 Å². The predicted molar refractivity (Wildman–Crippen MR) is 79.3 cm³/mol. The van der Waals surface area contributed by atoms with E-state index in [1.54, 1.807) is 16.9 Å². The molecule has 1 unspecified atom stereocenters. The van der Waals surface area contributed by atoms with Gasteiger partial charge in [-0.25, -0.2) is 9.07 Å². The molecule has 0 bridgehead atoms. The Morgan fingerprint density at radius 2 is 2.25 bits per heavy atom. The smallest absolute Gasteiger partial charge is 0.257 e. The fourth-order valence-electron chi connectivity index (χ4n) is 1.79. The van der Waals surface area contributed by atoms with Gasteiger partial charge < -0.3 is 5.32 Å². The molecule has 0 aliphatic heterocycles. The van der Waals surface area contributed by atoms with Crippen LogP contribution in [0.4, 0.5) is 10.2 Å². The molecule has 0 aliphatic carbocycles. The van der Waals surface area contributed by atoms with E-state index >= 15 is 0 Å². The van der Waals surface area contributed by atoms with Crippen LogP contribution < -0.4 is 5.32 Å². The molecule has 1 heterocycles. The predicted octanol–water partition coefficient (Wildman–Crippen LogP) is 4.01. The minimum Gasteiger partial charge on any atom is -0.307 e. The number of rotatable bonds is 4. The number of amides is 1. The van der Waals surface area contributed by atoms with Gasteiger partial charge in [0, 0.05) is 10.5 Å². The summed E-state index contributed by atoms with van der Waals surface area (Å²) in [5.41, 5.74) is 0.378. The Kier molecular flexibility index (Phi) is 4.54. The Bertz CT molecular complexity index is 627. The molecule has 0 radical (unpaired) electrons. The van der Waals surface area contributed by atoms with Gasteiger partial charge in [-0.2, -0.15) is 5.10 Å². The third-order valence-electron chi connectivity index (χ3n) is 3.10. The van der Waals surface area contributed by atoms with E-state index in [1.165, 1.54) is 18.2 Å². The van der Waals surface area contributed by atoms with Crippen molar-refractivity contribution < 1.29 is 9.18 Å². The lowest BCUT2D eigenvalue weighted by molar-refractivity contribution is 0.102. The first-order valence-corrected chi connectivity index (χ1v) is 7.12. The monoisotopic (exact) mass is 339 g/mol. The van der Waals surface area contributed by atoms with Crippen LogP contribution in [0, 0.1) is 5.82 Å². The highest BCUT2D eigenvalue weighted by atomic mass is 79.9. The number of nitrogens with zero attached hydrogens (tertiary/aromatic N) is 2. The van der Waals surface area contributed by atoms with Gasteiger partial charge in [0.15, 0.2) is 0 Å². The van der Waals surface area contributed by atoms with Crippen molar-refractivity contribution in [2.24, 2.45) is 0 Å². The van der Waals surface area contributed by atoms with Crippen LogP contribution in [0.5, 0.6) is 0 Å². The first-order valence-electron chi connectivity index (χ1n) is 6.32. The summed E-state index contributed by atoms with van der Waals surface area (Å²) in [6, 6.07) is 5.89.